The maximum absolute atomic E-state index is 6.24. The van der Waals surface area contributed by atoms with Crippen LogP contribution in [-0.4, -0.2) is 9.97 Å². The average molecular weight is 378 g/mol. The molecule has 0 radical (unpaired) electrons. The Kier molecular flexibility index (Phi) is 4.19. The minimum absolute atomic E-state index is 0.502. The maximum atomic E-state index is 6.24. The average Bonchev–Trinajstić information content (AvgIpc) is 2.51. The number of hydrogen-bond donors (Lipinski definition) is 1. The van der Waals surface area contributed by atoms with E-state index in [1.807, 2.05) is 54.6 Å². The summed E-state index contributed by atoms with van der Waals surface area (Å²) in [7, 11) is 0. The van der Waals surface area contributed by atoms with Gasteiger partial charge in [-0.2, -0.15) is 0 Å². The fourth-order valence-electron chi connectivity index (χ4n) is 2.04. The fourth-order valence-corrected chi connectivity index (χ4v) is 2.88. The molecule has 5 heteroatoms. The van der Waals surface area contributed by atoms with Gasteiger partial charge in [-0.15, -0.1) is 0 Å². The van der Waals surface area contributed by atoms with Gasteiger partial charge in [-0.3, -0.25) is 0 Å². The highest BCUT2D eigenvalue weighted by Gasteiger charge is 2.11. The minimum atomic E-state index is 0.502. The van der Waals surface area contributed by atoms with E-state index in [9.17, 15) is 0 Å². The summed E-state index contributed by atoms with van der Waals surface area (Å²) < 4.78 is 1.28. The molecule has 1 aromatic heterocycles. The first-order valence-corrected chi connectivity index (χ1v) is 7.85. The van der Waals surface area contributed by atoms with E-state index in [-0.39, 0.29) is 0 Å². The van der Waals surface area contributed by atoms with Gasteiger partial charge in [0.05, 0.1) is 15.2 Å². The summed E-state index contributed by atoms with van der Waals surface area (Å²) >= 11 is 15.1. The lowest BCUT2D eigenvalue weighted by Crippen LogP contribution is -1.95. The highest BCUT2D eigenvalue weighted by Crippen LogP contribution is 2.31. The molecule has 2 nitrogen and oxygen atoms in total. The van der Waals surface area contributed by atoms with Gasteiger partial charge < -0.3 is 4.98 Å². The van der Waals surface area contributed by atoms with Crippen LogP contribution in [0.25, 0.3) is 22.6 Å². The standard InChI is InChI=1S/C16H10BrClN2S/c17-13-14(10-6-2-1-3-7-10)19-15(20-16(13)21)11-8-4-5-9-12(11)18/h1-9H,(H,19,20,21). The molecule has 0 bridgehead atoms. The number of nitrogens with zero attached hydrogens (tertiary/aromatic N) is 1. The fraction of sp³-hybridized carbons (Fsp3) is 0. The first-order chi connectivity index (χ1) is 10.2. The molecule has 21 heavy (non-hydrogen) atoms. The van der Waals surface area contributed by atoms with E-state index in [0.29, 0.717) is 15.5 Å². The van der Waals surface area contributed by atoms with Crippen molar-refractivity contribution in [1.29, 1.82) is 0 Å². The van der Waals surface area contributed by atoms with Crippen molar-refractivity contribution in [2.24, 2.45) is 0 Å². The van der Waals surface area contributed by atoms with Crippen LogP contribution in [0.15, 0.2) is 59.1 Å². The normalized spacial score (nSPS) is 10.6. The Morgan fingerprint density at radius 3 is 2.38 bits per heavy atom. The predicted molar refractivity (Wildman–Crippen MR) is 93.0 cm³/mol. The third-order valence-electron chi connectivity index (χ3n) is 3.06. The smallest absolute Gasteiger partial charge is 0.144 e. The number of H-pyrrole nitrogens is 1. The molecule has 2 aromatic carbocycles. The van der Waals surface area contributed by atoms with Crippen molar-refractivity contribution in [3.63, 3.8) is 0 Å². The van der Waals surface area contributed by atoms with E-state index in [4.69, 9.17) is 23.8 Å². The largest absolute Gasteiger partial charge is 0.338 e. The van der Waals surface area contributed by atoms with Crippen LogP contribution in [0.2, 0.25) is 5.02 Å². The second-order valence-electron chi connectivity index (χ2n) is 4.43. The molecule has 3 rings (SSSR count). The number of nitrogens with one attached hydrogen (secondary N) is 1. The molecule has 0 aliphatic heterocycles. The summed E-state index contributed by atoms with van der Waals surface area (Å²) in [6.45, 7) is 0. The summed E-state index contributed by atoms with van der Waals surface area (Å²) in [6, 6.07) is 17.5. The molecule has 0 spiro atoms. The Balaban J connectivity index is 2.24. The molecule has 0 saturated heterocycles. The zero-order valence-corrected chi connectivity index (χ0v) is 14.0. The van der Waals surface area contributed by atoms with E-state index in [2.05, 4.69) is 25.9 Å². The molecule has 0 fully saturated rings. The van der Waals surface area contributed by atoms with E-state index >= 15 is 0 Å². The van der Waals surface area contributed by atoms with Gasteiger partial charge in [-0.25, -0.2) is 4.98 Å². The van der Waals surface area contributed by atoms with Crippen molar-refractivity contribution in [2.45, 2.75) is 0 Å². The molecule has 0 saturated carbocycles. The number of benzene rings is 2. The number of halogens is 2. The Bertz CT molecular complexity index is 846. The van der Waals surface area contributed by atoms with Gasteiger partial charge >= 0.3 is 0 Å². The quantitative estimate of drug-likeness (QED) is 0.564. The number of aromatic nitrogens is 2. The van der Waals surface area contributed by atoms with Crippen LogP contribution in [0.4, 0.5) is 0 Å². The first kappa shape index (κ1) is 14.4. The minimum Gasteiger partial charge on any atom is -0.338 e. The van der Waals surface area contributed by atoms with Crippen molar-refractivity contribution < 1.29 is 0 Å². The molecule has 0 aliphatic rings. The summed E-state index contributed by atoms with van der Waals surface area (Å²) in [5.74, 6) is 0.660. The van der Waals surface area contributed by atoms with Crippen molar-refractivity contribution in [3.8, 4) is 22.6 Å². The van der Waals surface area contributed by atoms with Crippen LogP contribution >= 0.6 is 39.7 Å². The van der Waals surface area contributed by atoms with E-state index in [1.54, 1.807) is 0 Å². The first-order valence-electron chi connectivity index (χ1n) is 6.27. The highest BCUT2D eigenvalue weighted by atomic mass is 79.9. The third-order valence-corrected chi connectivity index (χ3v) is 4.71. The Labute approximate surface area is 141 Å². The topological polar surface area (TPSA) is 28.7 Å². The van der Waals surface area contributed by atoms with Crippen LogP contribution in [0.3, 0.4) is 0 Å². The monoisotopic (exact) mass is 376 g/mol. The van der Waals surface area contributed by atoms with Gasteiger partial charge in [0, 0.05) is 5.56 Å². The van der Waals surface area contributed by atoms with Crippen molar-refractivity contribution in [2.75, 3.05) is 0 Å². The summed E-state index contributed by atoms with van der Waals surface area (Å²) in [5, 5.41) is 0.636. The van der Waals surface area contributed by atoms with Gasteiger partial charge in [0.25, 0.3) is 0 Å². The molecular weight excluding hydrogens is 368 g/mol. The Hall–Kier alpha value is -1.49. The SMILES string of the molecule is S=c1nc(-c2ccccc2Cl)[nH]c(-c2ccccc2)c1Br. The highest BCUT2D eigenvalue weighted by molar-refractivity contribution is 9.10. The maximum Gasteiger partial charge on any atom is 0.144 e. The lowest BCUT2D eigenvalue weighted by Gasteiger charge is -2.10. The Morgan fingerprint density at radius 2 is 1.67 bits per heavy atom. The summed E-state index contributed by atoms with van der Waals surface area (Å²) in [4.78, 5) is 7.74. The van der Waals surface area contributed by atoms with E-state index in [1.165, 1.54) is 0 Å². The van der Waals surface area contributed by atoms with Crippen LogP contribution in [0, 0.1) is 4.64 Å². The van der Waals surface area contributed by atoms with Crippen LogP contribution in [0.1, 0.15) is 0 Å². The molecule has 0 aliphatic carbocycles. The van der Waals surface area contributed by atoms with Crippen molar-refractivity contribution in [3.05, 3.63) is 68.7 Å². The number of rotatable bonds is 2. The van der Waals surface area contributed by atoms with Crippen molar-refractivity contribution >= 4 is 39.7 Å². The van der Waals surface area contributed by atoms with Gasteiger partial charge in [-0.1, -0.05) is 66.3 Å². The predicted octanol–water partition coefficient (Wildman–Crippen LogP) is 5.89. The molecule has 104 valence electrons. The summed E-state index contributed by atoms with van der Waals surface area (Å²) in [6.07, 6.45) is 0. The van der Waals surface area contributed by atoms with Crippen LogP contribution in [-0.2, 0) is 0 Å². The van der Waals surface area contributed by atoms with Gasteiger partial charge in [0.15, 0.2) is 0 Å². The van der Waals surface area contributed by atoms with E-state index < -0.39 is 0 Å². The summed E-state index contributed by atoms with van der Waals surface area (Å²) in [5.41, 5.74) is 2.76. The lowest BCUT2D eigenvalue weighted by atomic mass is 10.1. The zero-order valence-electron chi connectivity index (χ0n) is 10.8. The van der Waals surface area contributed by atoms with Gasteiger partial charge in [-0.05, 0) is 33.6 Å². The number of hydrogen-bond acceptors (Lipinski definition) is 2. The van der Waals surface area contributed by atoms with E-state index in [0.717, 1.165) is 21.3 Å². The molecular formula is C16H10BrClN2S. The molecule has 0 atom stereocenters. The third kappa shape index (κ3) is 2.93. The second-order valence-corrected chi connectivity index (χ2v) is 6.01. The molecule has 0 unspecified atom stereocenters. The lowest BCUT2D eigenvalue weighted by molar-refractivity contribution is 1.15. The van der Waals surface area contributed by atoms with Gasteiger partial charge in [0.2, 0.25) is 0 Å². The van der Waals surface area contributed by atoms with Crippen LogP contribution < -0.4 is 0 Å². The van der Waals surface area contributed by atoms with Gasteiger partial charge in [0.1, 0.15) is 10.5 Å². The number of aromatic amines is 1. The Morgan fingerprint density at radius 1 is 1.00 bits per heavy atom. The van der Waals surface area contributed by atoms with Crippen LogP contribution in [0.5, 0.6) is 0 Å². The molecule has 0 amide bonds. The molecule has 3 aromatic rings. The molecule has 1 N–H and O–H groups in total. The second kappa shape index (κ2) is 6.10. The molecule has 1 heterocycles. The van der Waals surface area contributed by atoms with Crippen molar-refractivity contribution in [1.82, 2.24) is 9.97 Å². The zero-order chi connectivity index (χ0) is 14.8.